The predicted octanol–water partition coefficient (Wildman–Crippen LogP) is 6.95. The highest BCUT2D eigenvalue weighted by molar-refractivity contribution is 9.11. The van der Waals surface area contributed by atoms with Crippen LogP contribution in [0.15, 0.2) is 78.9 Å². The van der Waals surface area contributed by atoms with Gasteiger partial charge in [-0.25, -0.2) is 14.5 Å². The zero-order chi connectivity index (χ0) is 20.1. The van der Waals surface area contributed by atoms with Gasteiger partial charge in [0.25, 0.3) is 5.56 Å². The van der Waals surface area contributed by atoms with Crippen molar-refractivity contribution in [1.29, 1.82) is 0 Å². The molecule has 29 heavy (non-hydrogen) atoms. The fourth-order valence-corrected chi connectivity index (χ4v) is 6.06. The molecule has 0 saturated carbocycles. The van der Waals surface area contributed by atoms with E-state index in [-0.39, 0.29) is 5.56 Å². The maximum absolute atomic E-state index is 13.6. The van der Waals surface area contributed by atoms with Crippen LogP contribution in [0, 0.1) is 0 Å². The first-order valence-corrected chi connectivity index (χ1v) is 11.7. The molecule has 0 N–H and O–H groups in total. The Morgan fingerprint density at radius 3 is 2.41 bits per heavy atom. The largest absolute Gasteiger partial charge is 0.269 e. The molecule has 4 nitrogen and oxygen atoms in total. The first-order chi connectivity index (χ1) is 14.0. The third kappa shape index (κ3) is 3.38. The van der Waals surface area contributed by atoms with Crippen molar-refractivity contribution in [3.05, 3.63) is 84.4 Å². The molecule has 2 aromatic heterocycles. The fraction of sp³-hybridized carbons (Fsp3) is 0. The van der Waals surface area contributed by atoms with Crippen LogP contribution in [0.4, 0.5) is 0 Å². The molecule has 3 aromatic carbocycles. The number of halogens is 3. The lowest BCUT2D eigenvalue weighted by Crippen LogP contribution is -2.22. The standard InChI is InChI=1S/C21H10Br3N3OS/c22-12-6-7-15-17(10-12)29-21(26-15)27-19(11-4-2-1-3-5-11)25-16-9-13(23)8-14(24)18(16)20(27)28/h1-10H. The summed E-state index contributed by atoms with van der Waals surface area (Å²) in [5, 5.41) is 1.11. The van der Waals surface area contributed by atoms with Crippen molar-refractivity contribution in [3.8, 4) is 16.5 Å². The first-order valence-electron chi connectivity index (χ1n) is 8.55. The van der Waals surface area contributed by atoms with Crippen molar-refractivity contribution < 1.29 is 0 Å². The third-order valence-corrected chi connectivity index (χ3v) is 7.03. The van der Waals surface area contributed by atoms with E-state index in [2.05, 4.69) is 47.8 Å². The van der Waals surface area contributed by atoms with Crippen LogP contribution in [0.2, 0.25) is 0 Å². The number of hydrogen-bond donors (Lipinski definition) is 0. The SMILES string of the molecule is O=c1c2c(Br)cc(Br)cc2nc(-c2ccccc2)n1-c1nc2ccc(Br)cc2s1. The molecule has 142 valence electrons. The highest BCUT2D eigenvalue weighted by atomic mass is 79.9. The summed E-state index contributed by atoms with van der Waals surface area (Å²) in [4.78, 5) is 23.2. The summed E-state index contributed by atoms with van der Waals surface area (Å²) in [6.45, 7) is 0. The minimum absolute atomic E-state index is 0.161. The number of aromatic nitrogens is 3. The van der Waals surface area contributed by atoms with Gasteiger partial charge in [0.2, 0.25) is 0 Å². The molecule has 5 rings (SSSR count). The molecule has 0 saturated heterocycles. The number of benzene rings is 3. The van der Waals surface area contributed by atoms with Gasteiger partial charge in [-0.2, -0.15) is 0 Å². The number of rotatable bonds is 2. The van der Waals surface area contributed by atoms with E-state index in [1.54, 1.807) is 4.57 Å². The molecule has 0 fully saturated rings. The Labute approximate surface area is 194 Å². The summed E-state index contributed by atoms with van der Waals surface area (Å²) in [7, 11) is 0. The van der Waals surface area contributed by atoms with Gasteiger partial charge in [0.1, 0.15) is 5.82 Å². The number of hydrogen-bond acceptors (Lipinski definition) is 4. The van der Waals surface area contributed by atoms with Gasteiger partial charge in [0.15, 0.2) is 5.13 Å². The molecule has 0 amide bonds. The summed E-state index contributed by atoms with van der Waals surface area (Å²) >= 11 is 12.0. The number of thiazole rings is 1. The smallest absolute Gasteiger partial charge is 0.268 e. The lowest BCUT2D eigenvalue weighted by atomic mass is 10.2. The maximum atomic E-state index is 13.6. The van der Waals surface area contributed by atoms with Crippen LogP contribution in [0.5, 0.6) is 0 Å². The Morgan fingerprint density at radius 2 is 1.62 bits per heavy atom. The molecular weight excluding hydrogens is 582 g/mol. The molecule has 0 unspecified atom stereocenters. The van der Waals surface area contributed by atoms with Crippen LogP contribution >= 0.6 is 59.1 Å². The minimum Gasteiger partial charge on any atom is -0.268 e. The molecule has 8 heteroatoms. The van der Waals surface area contributed by atoms with Crippen molar-refractivity contribution in [3.63, 3.8) is 0 Å². The monoisotopic (exact) mass is 589 g/mol. The van der Waals surface area contributed by atoms with E-state index in [9.17, 15) is 4.79 Å². The van der Waals surface area contributed by atoms with Crippen LogP contribution < -0.4 is 5.56 Å². The van der Waals surface area contributed by atoms with Crippen LogP contribution in [0.25, 0.3) is 37.6 Å². The van der Waals surface area contributed by atoms with E-state index in [0.717, 1.165) is 24.7 Å². The molecule has 0 aliphatic rings. The van der Waals surface area contributed by atoms with Gasteiger partial charge >= 0.3 is 0 Å². The number of nitrogens with zero attached hydrogens (tertiary/aromatic N) is 3. The van der Waals surface area contributed by atoms with Gasteiger partial charge < -0.3 is 0 Å². The van der Waals surface area contributed by atoms with Crippen LogP contribution in [-0.2, 0) is 0 Å². The Kier molecular flexibility index (Phi) is 4.90. The average Bonchev–Trinajstić information content (AvgIpc) is 3.10. The molecule has 0 atom stereocenters. The zero-order valence-electron chi connectivity index (χ0n) is 14.6. The van der Waals surface area contributed by atoms with Crippen LogP contribution in [0.3, 0.4) is 0 Å². The molecule has 0 radical (unpaired) electrons. The molecule has 2 heterocycles. The van der Waals surface area contributed by atoms with Gasteiger partial charge in [0, 0.05) is 19.0 Å². The van der Waals surface area contributed by atoms with E-state index in [0.29, 0.717) is 26.3 Å². The second kappa shape index (κ2) is 7.43. The minimum atomic E-state index is -0.161. The van der Waals surface area contributed by atoms with Gasteiger partial charge in [-0.15, -0.1) is 0 Å². The van der Waals surface area contributed by atoms with Crippen molar-refractivity contribution in [2.24, 2.45) is 0 Å². The molecule has 0 aliphatic heterocycles. The predicted molar refractivity (Wildman–Crippen MR) is 129 cm³/mol. The highest BCUT2D eigenvalue weighted by Crippen LogP contribution is 2.32. The van der Waals surface area contributed by atoms with Crippen molar-refractivity contribution in [1.82, 2.24) is 14.5 Å². The number of fused-ring (bicyclic) bond motifs is 2. The van der Waals surface area contributed by atoms with Crippen molar-refractivity contribution in [2.75, 3.05) is 0 Å². The third-order valence-electron chi connectivity index (χ3n) is 4.45. The summed E-state index contributed by atoms with van der Waals surface area (Å²) in [6.07, 6.45) is 0. The quantitative estimate of drug-likeness (QED) is 0.223. The summed E-state index contributed by atoms with van der Waals surface area (Å²) < 4.78 is 5.12. The topological polar surface area (TPSA) is 47.8 Å². The Balaban J connectivity index is 1.91. The summed E-state index contributed by atoms with van der Waals surface area (Å²) in [5.74, 6) is 0.561. The molecule has 0 spiro atoms. The summed E-state index contributed by atoms with van der Waals surface area (Å²) in [5.41, 5.74) is 2.15. The normalized spacial score (nSPS) is 11.4. The summed E-state index contributed by atoms with van der Waals surface area (Å²) in [6, 6.07) is 19.3. The van der Waals surface area contributed by atoms with Gasteiger partial charge in [-0.3, -0.25) is 4.79 Å². The van der Waals surface area contributed by atoms with Gasteiger partial charge in [-0.1, -0.05) is 73.5 Å². The van der Waals surface area contributed by atoms with Gasteiger partial charge in [0.05, 0.1) is 21.1 Å². The van der Waals surface area contributed by atoms with Crippen LogP contribution in [-0.4, -0.2) is 14.5 Å². The maximum Gasteiger partial charge on any atom is 0.269 e. The second-order valence-electron chi connectivity index (χ2n) is 6.33. The average molecular weight is 592 g/mol. The molecule has 5 aromatic rings. The fourth-order valence-electron chi connectivity index (χ4n) is 3.17. The van der Waals surface area contributed by atoms with E-state index in [1.165, 1.54) is 11.3 Å². The molecular formula is C21H10Br3N3OS. The van der Waals surface area contributed by atoms with E-state index < -0.39 is 0 Å². The van der Waals surface area contributed by atoms with Crippen LogP contribution in [0.1, 0.15) is 0 Å². The Bertz CT molecular complexity index is 1460. The van der Waals surface area contributed by atoms with E-state index in [1.807, 2.05) is 60.7 Å². The Morgan fingerprint density at radius 1 is 0.828 bits per heavy atom. The molecule has 0 aliphatic carbocycles. The Hall–Kier alpha value is -1.87. The second-order valence-corrected chi connectivity index (χ2v) is 10.0. The lowest BCUT2D eigenvalue weighted by Gasteiger charge is -2.12. The van der Waals surface area contributed by atoms with E-state index in [4.69, 9.17) is 9.97 Å². The van der Waals surface area contributed by atoms with E-state index >= 15 is 0 Å². The zero-order valence-corrected chi connectivity index (χ0v) is 20.1. The van der Waals surface area contributed by atoms with Gasteiger partial charge in [-0.05, 0) is 46.3 Å². The van der Waals surface area contributed by atoms with Crippen molar-refractivity contribution in [2.45, 2.75) is 0 Å². The highest BCUT2D eigenvalue weighted by Gasteiger charge is 2.19. The first kappa shape index (κ1) is 19.1. The lowest BCUT2D eigenvalue weighted by molar-refractivity contribution is 0.964. The van der Waals surface area contributed by atoms with Crippen molar-refractivity contribution >= 4 is 80.2 Å². The molecule has 0 bridgehead atoms.